The number of benzene rings is 2. The van der Waals surface area contributed by atoms with Crippen molar-refractivity contribution in [3.63, 3.8) is 0 Å². The van der Waals surface area contributed by atoms with Crippen LogP contribution in [0.5, 0.6) is 11.5 Å². The molecule has 1 saturated carbocycles. The van der Waals surface area contributed by atoms with E-state index in [4.69, 9.17) is 4.74 Å². The van der Waals surface area contributed by atoms with Gasteiger partial charge in [0.15, 0.2) is 0 Å². The number of ether oxygens (including phenoxy) is 1. The highest BCUT2D eigenvalue weighted by molar-refractivity contribution is 5.94. The largest absolute Gasteiger partial charge is 0.457 e. The van der Waals surface area contributed by atoms with E-state index < -0.39 is 11.7 Å². The molecule has 164 valence electrons. The van der Waals surface area contributed by atoms with Crippen LogP contribution in [0.4, 0.5) is 13.2 Å². The van der Waals surface area contributed by atoms with Gasteiger partial charge in [-0.3, -0.25) is 9.59 Å². The Morgan fingerprint density at radius 2 is 1.48 bits per heavy atom. The number of hydrogen-bond acceptors (Lipinski definition) is 3. The second-order valence-corrected chi connectivity index (χ2v) is 7.90. The highest BCUT2D eigenvalue weighted by atomic mass is 19.4. The van der Waals surface area contributed by atoms with E-state index in [1.54, 1.807) is 23.1 Å². The van der Waals surface area contributed by atoms with E-state index in [9.17, 15) is 22.8 Å². The molecule has 4 rings (SSSR count). The number of carbonyl (C=O) groups is 2. The van der Waals surface area contributed by atoms with Crippen molar-refractivity contribution in [1.29, 1.82) is 0 Å². The summed E-state index contributed by atoms with van der Waals surface area (Å²) in [5.41, 5.74) is -0.408. The van der Waals surface area contributed by atoms with Gasteiger partial charge in [0, 0.05) is 37.7 Å². The second-order valence-electron chi connectivity index (χ2n) is 7.90. The highest BCUT2D eigenvalue weighted by Gasteiger charge is 2.32. The summed E-state index contributed by atoms with van der Waals surface area (Å²) in [6, 6.07) is 11.0. The summed E-state index contributed by atoms with van der Waals surface area (Å²) >= 11 is 0. The van der Waals surface area contributed by atoms with Crippen molar-refractivity contribution in [2.24, 2.45) is 5.92 Å². The van der Waals surface area contributed by atoms with Crippen LogP contribution in [0, 0.1) is 5.92 Å². The lowest BCUT2D eigenvalue weighted by Crippen LogP contribution is -2.52. The minimum atomic E-state index is -4.46. The van der Waals surface area contributed by atoms with Crippen LogP contribution < -0.4 is 4.74 Å². The van der Waals surface area contributed by atoms with E-state index in [1.165, 1.54) is 18.2 Å². The van der Waals surface area contributed by atoms with Gasteiger partial charge < -0.3 is 14.5 Å². The number of hydrogen-bond donors (Lipinski definition) is 0. The Morgan fingerprint density at radius 1 is 0.871 bits per heavy atom. The van der Waals surface area contributed by atoms with Crippen LogP contribution in [0.15, 0.2) is 48.5 Å². The quantitative estimate of drug-likeness (QED) is 0.711. The van der Waals surface area contributed by atoms with Gasteiger partial charge in [-0.25, -0.2) is 0 Å². The fourth-order valence-electron chi connectivity index (χ4n) is 3.79. The predicted octanol–water partition coefficient (Wildman–Crippen LogP) is 4.58. The molecule has 1 aliphatic heterocycles. The van der Waals surface area contributed by atoms with Crippen LogP contribution in [0.25, 0.3) is 0 Å². The average Bonchev–Trinajstić information content (AvgIpc) is 2.72. The average molecular weight is 432 g/mol. The van der Waals surface area contributed by atoms with E-state index in [2.05, 4.69) is 0 Å². The molecule has 1 saturated heterocycles. The second kappa shape index (κ2) is 8.61. The smallest absolute Gasteiger partial charge is 0.416 e. The highest BCUT2D eigenvalue weighted by Crippen LogP contribution is 2.33. The van der Waals surface area contributed by atoms with Crippen LogP contribution in [-0.4, -0.2) is 47.8 Å². The molecule has 2 aromatic rings. The number of piperazine rings is 1. The van der Waals surface area contributed by atoms with Crippen LogP contribution in [0.1, 0.15) is 35.2 Å². The van der Waals surface area contributed by atoms with Crippen LogP contribution in [0.2, 0.25) is 0 Å². The zero-order valence-corrected chi connectivity index (χ0v) is 16.9. The van der Waals surface area contributed by atoms with E-state index in [0.717, 1.165) is 31.4 Å². The summed E-state index contributed by atoms with van der Waals surface area (Å²) in [5, 5.41) is 0. The van der Waals surface area contributed by atoms with Gasteiger partial charge in [0.05, 0.1) is 5.56 Å². The van der Waals surface area contributed by atoms with E-state index in [0.29, 0.717) is 31.7 Å². The van der Waals surface area contributed by atoms with Crippen molar-refractivity contribution in [2.75, 3.05) is 26.2 Å². The van der Waals surface area contributed by atoms with Crippen LogP contribution >= 0.6 is 0 Å². The Bertz CT molecular complexity index is 965. The third kappa shape index (κ3) is 4.84. The zero-order valence-electron chi connectivity index (χ0n) is 16.9. The predicted molar refractivity (Wildman–Crippen MR) is 108 cm³/mol. The molecule has 2 fully saturated rings. The van der Waals surface area contributed by atoms with Gasteiger partial charge in [-0.1, -0.05) is 18.6 Å². The molecule has 31 heavy (non-hydrogen) atoms. The summed E-state index contributed by atoms with van der Waals surface area (Å²) < 4.78 is 44.3. The number of carbonyl (C=O) groups excluding carboxylic acids is 2. The minimum absolute atomic E-state index is 0.0440. The van der Waals surface area contributed by atoms with Crippen molar-refractivity contribution in [1.82, 2.24) is 9.80 Å². The molecular weight excluding hydrogens is 409 g/mol. The molecule has 0 atom stereocenters. The van der Waals surface area contributed by atoms with Gasteiger partial charge in [-0.2, -0.15) is 13.2 Å². The monoisotopic (exact) mass is 432 g/mol. The first-order valence-corrected chi connectivity index (χ1v) is 10.3. The number of rotatable bonds is 4. The van der Waals surface area contributed by atoms with Crippen molar-refractivity contribution < 1.29 is 27.5 Å². The first-order valence-electron chi connectivity index (χ1n) is 10.3. The maximum Gasteiger partial charge on any atom is 0.416 e. The van der Waals surface area contributed by atoms with Crippen molar-refractivity contribution in [2.45, 2.75) is 25.4 Å². The number of halogens is 3. The maximum atomic E-state index is 12.9. The summed E-state index contributed by atoms with van der Waals surface area (Å²) in [5.74, 6) is 0.471. The third-order valence-electron chi connectivity index (χ3n) is 5.81. The molecule has 0 radical (unpaired) electrons. The Balaban J connectivity index is 1.39. The molecule has 2 aliphatic rings. The fraction of sp³-hybridized carbons (Fsp3) is 0.391. The molecule has 0 N–H and O–H groups in total. The molecule has 1 aliphatic carbocycles. The molecule has 1 heterocycles. The Hall–Kier alpha value is -3.03. The van der Waals surface area contributed by atoms with E-state index >= 15 is 0 Å². The topological polar surface area (TPSA) is 49.9 Å². The molecule has 2 aromatic carbocycles. The third-order valence-corrected chi connectivity index (χ3v) is 5.81. The van der Waals surface area contributed by atoms with Crippen molar-refractivity contribution in [3.05, 3.63) is 59.7 Å². The first-order chi connectivity index (χ1) is 14.8. The maximum absolute atomic E-state index is 12.9. The molecule has 8 heteroatoms. The summed E-state index contributed by atoms with van der Waals surface area (Å²) in [6.07, 6.45) is -1.44. The van der Waals surface area contributed by atoms with Gasteiger partial charge in [0.2, 0.25) is 5.91 Å². The molecular formula is C23H23F3N2O3. The molecule has 5 nitrogen and oxygen atoms in total. The minimum Gasteiger partial charge on any atom is -0.457 e. The zero-order chi connectivity index (χ0) is 22.0. The standard InChI is InChI=1S/C23H23F3N2O3/c24-23(25,26)18-7-3-9-20(15-18)31-19-8-2-6-17(14-19)22(30)28-12-10-27(11-13-28)21(29)16-4-1-5-16/h2-3,6-9,14-16H,1,4-5,10-13H2. The van der Waals surface area contributed by atoms with E-state index in [-0.39, 0.29) is 29.2 Å². The molecule has 0 unspecified atom stereocenters. The Morgan fingerprint density at radius 3 is 2.10 bits per heavy atom. The van der Waals surface area contributed by atoms with E-state index in [1.807, 2.05) is 4.90 Å². The van der Waals surface area contributed by atoms with Crippen LogP contribution in [-0.2, 0) is 11.0 Å². The van der Waals surface area contributed by atoms with Crippen molar-refractivity contribution >= 4 is 11.8 Å². The lowest BCUT2D eigenvalue weighted by Gasteiger charge is -2.38. The Kier molecular flexibility index (Phi) is 5.89. The SMILES string of the molecule is O=C(c1cccc(Oc2cccc(C(F)(F)F)c2)c1)N1CCN(C(=O)C2CCC2)CC1. The molecule has 0 spiro atoms. The summed E-state index contributed by atoms with van der Waals surface area (Å²) in [7, 11) is 0. The van der Waals surface area contributed by atoms with Crippen LogP contribution in [0.3, 0.4) is 0 Å². The normalized spacial score (nSPS) is 17.3. The summed E-state index contributed by atoms with van der Waals surface area (Å²) in [6.45, 7) is 1.94. The molecule has 0 aromatic heterocycles. The van der Waals surface area contributed by atoms with Gasteiger partial charge in [0.1, 0.15) is 11.5 Å². The lowest BCUT2D eigenvalue weighted by molar-refractivity contribution is -0.139. The first kappa shape index (κ1) is 21.2. The van der Waals surface area contributed by atoms with Gasteiger partial charge in [0.25, 0.3) is 5.91 Å². The van der Waals surface area contributed by atoms with Gasteiger partial charge in [-0.15, -0.1) is 0 Å². The molecule has 2 amide bonds. The number of nitrogens with zero attached hydrogens (tertiary/aromatic N) is 2. The van der Waals surface area contributed by atoms with Crippen molar-refractivity contribution in [3.8, 4) is 11.5 Å². The lowest BCUT2D eigenvalue weighted by atomic mass is 9.84. The molecule has 0 bridgehead atoms. The number of amides is 2. The van der Waals surface area contributed by atoms with Gasteiger partial charge >= 0.3 is 6.18 Å². The number of alkyl halides is 3. The van der Waals surface area contributed by atoms with Gasteiger partial charge in [-0.05, 0) is 49.2 Å². The Labute approximate surface area is 178 Å². The fourth-order valence-corrected chi connectivity index (χ4v) is 3.79. The summed E-state index contributed by atoms with van der Waals surface area (Å²) in [4.78, 5) is 28.8.